The van der Waals surface area contributed by atoms with Crippen LogP contribution in [0.3, 0.4) is 0 Å². The van der Waals surface area contributed by atoms with Crippen molar-refractivity contribution < 1.29 is 10.2 Å². The molecule has 0 radical (unpaired) electrons. The second kappa shape index (κ2) is 1.20. The molecule has 0 spiro atoms. The molecular formula is C5H10O2. The SMILES string of the molecule is CC1(O)CC1CO. The molecule has 2 N–H and O–H groups in total. The highest BCUT2D eigenvalue weighted by Crippen LogP contribution is 2.41. The van der Waals surface area contributed by atoms with E-state index in [2.05, 4.69) is 0 Å². The van der Waals surface area contributed by atoms with Crippen LogP contribution in [0, 0.1) is 5.92 Å². The number of hydrogen-bond donors (Lipinski definition) is 2. The molecule has 0 aliphatic heterocycles. The molecule has 0 aromatic heterocycles. The maximum absolute atomic E-state index is 8.93. The third-order valence-electron chi connectivity index (χ3n) is 1.60. The largest absolute Gasteiger partial charge is 0.396 e. The van der Waals surface area contributed by atoms with Gasteiger partial charge in [0.1, 0.15) is 0 Å². The lowest BCUT2D eigenvalue weighted by Gasteiger charge is -1.95. The summed E-state index contributed by atoms with van der Waals surface area (Å²) in [5.74, 6) is 0.160. The molecule has 2 atom stereocenters. The van der Waals surface area contributed by atoms with E-state index in [9.17, 15) is 0 Å². The highest BCUT2D eigenvalue weighted by Gasteiger charge is 2.47. The summed E-state index contributed by atoms with van der Waals surface area (Å²) in [6, 6.07) is 0. The average molecular weight is 102 g/mol. The molecule has 0 bridgehead atoms. The maximum atomic E-state index is 8.93. The Morgan fingerprint density at radius 2 is 2.29 bits per heavy atom. The first-order valence-corrected chi connectivity index (χ1v) is 2.50. The zero-order chi connectivity index (χ0) is 5.49. The van der Waals surface area contributed by atoms with Crippen molar-refractivity contribution in [2.75, 3.05) is 6.61 Å². The first kappa shape index (κ1) is 5.06. The van der Waals surface area contributed by atoms with E-state index in [1.165, 1.54) is 0 Å². The van der Waals surface area contributed by atoms with Crippen LogP contribution in [0.15, 0.2) is 0 Å². The number of rotatable bonds is 1. The predicted molar refractivity (Wildman–Crippen MR) is 25.8 cm³/mol. The Morgan fingerprint density at radius 1 is 1.86 bits per heavy atom. The smallest absolute Gasteiger partial charge is 0.0675 e. The van der Waals surface area contributed by atoms with Gasteiger partial charge in [0.15, 0.2) is 0 Å². The molecule has 42 valence electrons. The summed E-state index contributed by atoms with van der Waals surface area (Å²) in [5, 5.41) is 17.3. The molecule has 2 heteroatoms. The molecule has 0 aromatic carbocycles. The van der Waals surface area contributed by atoms with E-state index < -0.39 is 5.60 Å². The molecule has 1 saturated carbocycles. The summed E-state index contributed by atoms with van der Waals surface area (Å²) in [4.78, 5) is 0. The monoisotopic (exact) mass is 102 g/mol. The lowest BCUT2D eigenvalue weighted by atomic mass is 10.3. The molecule has 0 amide bonds. The Kier molecular flexibility index (Phi) is 0.869. The third kappa shape index (κ3) is 0.763. The average Bonchev–Trinajstić information content (AvgIpc) is 2.13. The second-order valence-corrected chi connectivity index (χ2v) is 2.44. The van der Waals surface area contributed by atoms with Crippen LogP contribution in [0.1, 0.15) is 13.3 Å². The van der Waals surface area contributed by atoms with Crippen molar-refractivity contribution in [1.82, 2.24) is 0 Å². The summed E-state index contributed by atoms with van der Waals surface area (Å²) in [6.45, 7) is 1.88. The molecule has 2 nitrogen and oxygen atoms in total. The van der Waals surface area contributed by atoms with E-state index in [1.807, 2.05) is 0 Å². The summed E-state index contributed by atoms with van der Waals surface area (Å²) in [5.41, 5.74) is -0.533. The van der Waals surface area contributed by atoms with Crippen LogP contribution in [0.4, 0.5) is 0 Å². The van der Waals surface area contributed by atoms with E-state index >= 15 is 0 Å². The first-order valence-electron chi connectivity index (χ1n) is 2.50. The van der Waals surface area contributed by atoms with E-state index in [1.54, 1.807) is 6.92 Å². The van der Waals surface area contributed by atoms with Crippen molar-refractivity contribution >= 4 is 0 Å². The predicted octanol–water partition coefficient (Wildman–Crippen LogP) is -0.250. The van der Waals surface area contributed by atoms with E-state index in [4.69, 9.17) is 10.2 Å². The Bertz CT molecular complexity index is 78.1. The molecule has 1 aliphatic rings. The molecule has 2 unspecified atom stereocenters. The van der Waals surface area contributed by atoms with Crippen molar-refractivity contribution in [1.29, 1.82) is 0 Å². The van der Waals surface area contributed by atoms with Crippen molar-refractivity contribution in [3.05, 3.63) is 0 Å². The summed E-state index contributed by atoms with van der Waals surface area (Å²) < 4.78 is 0. The molecular weight excluding hydrogens is 92.1 g/mol. The van der Waals surface area contributed by atoms with Crippen molar-refractivity contribution in [3.63, 3.8) is 0 Å². The second-order valence-electron chi connectivity index (χ2n) is 2.44. The van der Waals surface area contributed by atoms with Crippen molar-refractivity contribution in [2.24, 2.45) is 5.92 Å². The van der Waals surface area contributed by atoms with Crippen molar-refractivity contribution in [3.8, 4) is 0 Å². The topological polar surface area (TPSA) is 40.5 Å². The zero-order valence-corrected chi connectivity index (χ0v) is 4.39. The number of hydrogen-bond acceptors (Lipinski definition) is 2. The van der Waals surface area contributed by atoms with Crippen LogP contribution in [-0.4, -0.2) is 22.4 Å². The molecule has 7 heavy (non-hydrogen) atoms. The van der Waals surface area contributed by atoms with E-state index in [0.29, 0.717) is 0 Å². The number of aliphatic hydroxyl groups is 2. The van der Waals surface area contributed by atoms with E-state index in [0.717, 1.165) is 6.42 Å². The Balaban J connectivity index is 2.30. The van der Waals surface area contributed by atoms with Crippen LogP contribution in [0.5, 0.6) is 0 Å². The number of aliphatic hydroxyl groups excluding tert-OH is 1. The van der Waals surface area contributed by atoms with Gasteiger partial charge in [-0.2, -0.15) is 0 Å². The van der Waals surface area contributed by atoms with Crippen LogP contribution in [0.2, 0.25) is 0 Å². The lowest BCUT2D eigenvalue weighted by Crippen LogP contribution is -2.05. The minimum absolute atomic E-state index is 0.132. The Labute approximate surface area is 42.8 Å². The van der Waals surface area contributed by atoms with Crippen LogP contribution in [0.25, 0.3) is 0 Å². The first-order chi connectivity index (χ1) is 3.17. The van der Waals surface area contributed by atoms with Gasteiger partial charge in [-0.05, 0) is 13.3 Å². The fourth-order valence-corrected chi connectivity index (χ4v) is 0.701. The highest BCUT2D eigenvalue weighted by atomic mass is 16.3. The van der Waals surface area contributed by atoms with Gasteiger partial charge in [0, 0.05) is 12.5 Å². The van der Waals surface area contributed by atoms with Crippen LogP contribution < -0.4 is 0 Å². The van der Waals surface area contributed by atoms with Crippen LogP contribution >= 0.6 is 0 Å². The molecule has 1 fully saturated rings. The summed E-state index contributed by atoms with van der Waals surface area (Å²) >= 11 is 0. The molecule has 0 saturated heterocycles. The molecule has 1 aliphatic carbocycles. The summed E-state index contributed by atoms with van der Waals surface area (Å²) in [6.07, 6.45) is 0.767. The highest BCUT2D eigenvalue weighted by molar-refractivity contribution is 4.98. The van der Waals surface area contributed by atoms with Gasteiger partial charge in [-0.3, -0.25) is 0 Å². The van der Waals surface area contributed by atoms with Gasteiger partial charge < -0.3 is 10.2 Å². The minimum atomic E-state index is -0.533. The van der Waals surface area contributed by atoms with Gasteiger partial charge in [0.25, 0.3) is 0 Å². The normalized spacial score (nSPS) is 49.3. The zero-order valence-electron chi connectivity index (χ0n) is 4.39. The fourth-order valence-electron chi connectivity index (χ4n) is 0.701. The Morgan fingerprint density at radius 3 is 2.29 bits per heavy atom. The maximum Gasteiger partial charge on any atom is 0.0675 e. The lowest BCUT2D eigenvalue weighted by molar-refractivity contribution is 0.130. The molecule has 0 aromatic rings. The quantitative estimate of drug-likeness (QED) is 0.479. The van der Waals surface area contributed by atoms with Gasteiger partial charge in [-0.25, -0.2) is 0 Å². The third-order valence-corrected chi connectivity index (χ3v) is 1.60. The van der Waals surface area contributed by atoms with Gasteiger partial charge in [0.05, 0.1) is 5.60 Å². The molecule has 0 heterocycles. The standard InChI is InChI=1S/C5H10O2/c1-5(7)2-4(5)3-6/h4,6-7H,2-3H2,1H3. The van der Waals surface area contributed by atoms with Gasteiger partial charge in [0.2, 0.25) is 0 Å². The minimum Gasteiger partial charge on any atom is -0.396 e. The van der Waals surface area contributed by atoms with E-state index in [-0.39, 0.29) is 12.5 Å². The molecule has 1 rings (SSSR count). The summed E-state index contributed by atoms with van der Waals surface area (Å²) in [7, 11) is 0. The van der Waals surface area contributed by atoms with Gasteiger partial charge in [-0.1, -0.05) is 0 Å². The fraction of sp³-hybridized carbons (Fsp3) is 1.00. The van der Waals surface area contributed by atoms with Crippen LogP contribution in [-0.2, 0) is 0 Å². The Hall–Kier alpha value is -0.0800. The van der Waals surface area contributed by atoms with Gasteiger partial charge in [-0.15, -0.1) is 0 Å². The van der Waals surface area contributed by atoms with Gasteiger partial charge >= 0.3 is 0 Å². The van der Waals surface area contributed by atoms with Crippen molar-refractivity contribution in [2.45, 2.75) is 18.9 Å².